The van der Waals surface area contributed by atoms with Crippen LogP contribution in [-0.2, 0) is 43.2 Å². The SMILES string of the molecule is CCOC(=O)CN(CCc1ccc(Cl)cc1Cl)C(=O)CC1C(=O)N(CCc2ccc(OC)cc2)CC(=O)N1CCc1cccs1. The van der Waals surface area contributed by atoms with Crippen LogP contribution in [0.3, 0.4) is 0 Å². The summed E-state index contributed by atoms with van der Waals surface area (Å²) in [5.41, 5.74) is 1.75. The third-order valence-corrected chi connectivity index (χ3v) is 9.16. The van der Waals surface area contributed by atoms with E-state index in [4.69, 9.17) is 32.7 Å². The molecule has 3 aromatic rings. The van der Waals surface area contributed by atoms with Gasteiger partial charge in [0, 0.05) is 34.6 Å². The summed E-state index contributed by atoms with van der Waals surface area (Å²) in [5.74, 6) is -0.774. The van der Waals surface area contributed by atoms with Gasteiger partial charge in [0.25, 0.3) is 0 Å². The van der Waals surface area contributed by atoms with Gasteiger partial charge in [-0.25, -0.2) is 0 Å². The summed E-state index contributed by atoms with van der Waals surface area (Å²) >= 11 is 14.0. The number of thiophene rings is 1. The Bertz CT molecular complexity index is 1470. The molecule has 2 aromatic carbocycles. The van der Waals surface area contributed by atoms with Crippen LogP contribution < -0.4 is 4.74 Å². The van der Waals surface area contributed by atoms with Gasteiger partial charge >= 0.3 is 5.97 Å². The number of methoxy groups -OCH3 is 1. The molecule has 0 aliphatic carbocycles. The first-order valence-corrected chi connectivity index (χ1v) is 16.4. The summed E-state index contributed by atoms with van der Waals surface area (Å²) in [5, 5.41) is 2.90. The largest absolute Gasteiger partial charge is 0.497 e. The lowest BCUT2D eigenvalue weighted by atomic mass is 10.0. The molecule has 12 heteroatoms. The van der Waals surface area contributed by atoms with Crippen LogP contribution >= 0.6 is 34.5 Å². The van der Waals surface area contributed by atoms with Crippen molar-refractivity contribution in [2.75, 3.05) is 46.4 Å². The molecule has 2 heterocycles. The van der Waals surface area contributed by atoms with Crippen molar-refractivity contribution in [1.29, 1.82) is 0 Å². The Morgan fingerprint density at radius 3 is 2.47 bits per heavy atom. The predicted octanol–water partition coefficient (Wildman–Crippen LogP) is 4.91. The highest BCUT2D eigenvalue weighted by Crippen LogP contribution is 2.23. The number of nitrogens with zero attached hydrogens (tertiary/aromatic N) is 3. The van der Waals surface area contributed by atoms with Gasteiger partial charge < -0.3 is 24.2 Å². The van der Waals surface area contributed by atoms with Crippen molar-refractivity contribution in [2.45, 2.75) is 38.6 Å². The van der Waals surface area contributed by atoms with Crippen LogP contribution in [0.4, 0.5) is 0 Å². The lowest BCUT2D eigenvalue weighted by molar-refractivity contribution is -0.158. The third kappa shape index (κ3) is 9.69. The van der Waals surface area contributed by atoms with E-state index < -0.39 is 17.9 Å². The van der Waals surface area contributed by atoms with Crippen LogP contribution in [-0.4, -0.2) is 90.9 Å². The van der Waals surface area contributed by atoms with Crippen molar-refractivity contribution in [3.05, 3.63) is 86.0 Å². The van der Waals surface area contributed by atoms with E-state index >= 15 is 0 Å². The molecular formula is C33H37Cl2N3O6S. The molecule has 0 saturated carbocycles. The number of amides is 3. The van der Waals surface area contributed by atoms with Gasteiger partial charge in [-0.15, -0.1) is 11.3 Å². The lowest BCUT2D eigenvalue weighted by Gasteiger charge is -2.40. The van der Waals surface area contributed by atoms with Gasteiger partial charge in [-0.3, -0.25) is 19.2 Å². The molecule has 0 bridgehead atoms. The standard InChI is InChI=1S/C33H37Cl2N3O6S/c1-3-44-32(41)22-36(16-13-24-8-9-25(34)19-28(24)35)30(39)20-29-33(42)37(15-12-23-6-10-26(43-2)11-7-23)21-31(40)38(29)17-14-27-5-4-18-45-27/h4-11,18-19,29H,3,12-17,20-22H2,1-2H3. The molecule has 9 nitrogen and oxygen atoms in total. The summed E-state index contributed by atoms with van der Waals surface area (Å²) in [7, 11) is 1.60. The number of esters is 1. The highest BCUT2D eigenvalue weighted by Gasteiger charge is 2.41. The van der Waals surface area contributed by atoms with Crippen molar-refractivity contribution in [3.63, 3.8) is 0 Å². The fraction of sp³-hybridized carbons (Fsp3) is 0.394. The van der Waals surface area contributed by atoms with Crippen LogP contribution in [0.5, 0.6) is 5.75 Å². The Morgan fingerprint density at radius 1 is 1.02 bits per heavy atom. The zero-order chi connectivity index (χ0) is 32.3. The fourth-order valence-electron chi connectivity index (χ4n) is 5.19. The van der Waals surface area contributed by atoms with Crippen molar-refractivity contribution >= 4 is 58.2 Å². The third-order valence-electron chi connectivity index (χ3n) is 7.64. The van der Waals surface area contributed by atoms with Crippen LogP contribution in [0.1, 0.15) is 29.3 Å². The van der Waals surface area contributed by atoms with E-state index in [1.807, 2.05) is 41.8 Å². The van der Waals surface area contributed by atoms with Crippen LogP contribution in [0.15, 0.2) is 60.0 Å². The van der Waals surface area contributed by atoms with Gasteiger partial charge in [0.2, 0.25) is 17.7 Å². The smallest absolute Gasteiger partial charge is 0.325 e. The molecule has 1 saturated heterocycles. The van der Waals surface area contributed by atoms with Crippen molar-refractivity contribution < 1.29 is 28.7 Å². The highest BCUT2D eigenvalue weighted by molar-refractivity contribution is 7.09. The molecule has 0 spiro atoms. The van der Waals surface area contributed by atoms with Crippen LogP contribution in [0, 0.1) is 0 Å². The van der Waals surface area contributed by atoms with E-state index in [1.165, 1.54) is 14.7 Å². The summed E-state index contributed by atoms with van der Waals surface area (Å²) in [4.78, 5) is 59.2. The van der Waals surface area contributed by atoms with E-state index in [0.29, 0.717) is 42.4 Å². The van der Waals surface area contributed by atoms with Gasteiger partial charge in [0.15, 0.2) is 0 Å². The summed E-state index contributed by atoms with van der Waals surface area (Å²) in [6.45, 7) is 2.28. The first-order chi connectivity index (χ1) is 21.7. The first kappa shape index (κ1) is 34.3. The van der Waals surface area contributed by atoms with E-state index in [-0.39, 0.29) is 44.5 Å². The van der Waals surface area contributed by atoms with Gasteiger partial charge in [-0.1, -0.05) is 47.5 Å². The summed E-state index contributed by atoms with van der Waals surface area (Å²) < 4.78 is 10.4. The minimum atomic E-state index is -1.00. The second-order valence-corrected chi connectivity index (χ2v) is 12.5. The molecule has 0 radical (unpaired) electrons. The number of carbonyl (C=O) groups is 4. The normalized spacial score (nSPS) is 14.9. The van der Waals surface area contributed by atoms with Crippen molar-refractivity contribution in [2.24, 2.45) is 0 Å². The van der Waals surface area contributed by atoms with Gasteiger partial charge in [0.1, 0.15) is 18.3 Å². The monoisotopic (exact) mass is 673 g/mol. The van der Waals surface area contributed by atoms with Crippen molar-refractivity contribution in [1.82, 2.24) is 14.7 Å². The lowest BCUT2D eigenvalue weighted by Crippen LogP contribution is -2.61. The summed E-state index contributed by atoms with van der Waals surface area (Å²) in [6.07, 6.45) is 1.20. The minimum absolute atomic E-state index is 0.0638. The number of carbonyl (C=O) groups excluding carboxylic acids is 4. The Hall–Kier alpha value is -3.60. The second-order valence-electron chi connectivity index (χ2n) is 10.6. The zero-order valence-electron chi connectivity index (χ0n) is 25.4. The molecule has 4 rings (SSSR count). The molecule has 3 amide bonds. The molecule has 1 unspecified atom stereocenters. The summed E-state index contributed by atoms with van der Waals surface area (Å²) in [6, 6.07) is 15.5. The number of rotatable bonds is 15. The maximum atomic E-state index is 13.9. The molecule has 1 aromatic heterocycles. The number of ether oxygens (including phenoxy) is 2. The Labute approximate surface area is 277 Å². The van der Waals surface area contributed by atoms with E-state index in [2.05, 4.69) is 0 Å². The molecule has 1 fully saturated rings. The molecule has 240 valence electrons. The molecular weight excluding hydrogens is 637 g/mol. The van der Waals surface area contributed by atoms with E-state index in [1.54, 1.807) is 43.6 Å². The number of hydrogen-bond donors (Lipinski definition) is 0. The molecule has 1 atom stereocenters. The Kier molecular flexibility index (Phi) is 12.7. The molecule has 1 aliphatic heterocycles. The predicted molar refractivity (Wildman–Crippen MR) is 175 cm³/mol. The van der Waals surface area contributed by atoms with Gasteiger partial charge in [-0.2, -0.15) is 0 Å². The quantitative estimate of drug-likeness (QED) is 0.213. The Balaban J connectivity index is 1.52. The van der Waals surface area contributed by atoms with Crippen LogP contribution in [0.2, 0.25) is 10.0 Å². The molecule has 1 aliphatic rings. The van der Waals surface area contributed by atoms with E-state index in [0.717, 1.165) is 21.8 Å². The van der Waals surface area contributed by atoms with E-state index in [9.17, 15) is 19.2 Å². The minimum Gasteiger partial charge on any atom is -0.497 e. The fourth-order valence-corrected chi connectivity index (χ4v) is 6.39. The zero-order valence-corrected chi connectivity index (χ0v) is 27.7. The number of benzene rings is 2. The van der Waals surface area contributed by atoms with Crippen LogP contribution in [0.25, 0.3) is 0 Å². The molecule has 45 heavy (non-hydrogen) atoms. The van der Waals surface area contributed by atoms with Gasteiger partial charge in [-0.05, 0) is 73.0 Å². The molecule has 0 N–H and O–H groups in total. The maximum Gasteiger partial charge on any atom is 0.325 e. The average Bonchev–Trinajstić information content (AvgIpc) is 3.54. The van der Waals surface area contributed by atoms with Gasteiger partial charge in [0.05, 0.1) is 26.7 Å². The average molecular weight is 675 g/mol. The number of hydrogen-bond acceptors (Lipinski definition) is 7. The maximum absolute atomic E-state index is 13.9. The van der Waals surface area contributed by atoms with Crippen molar-refractivity contribution in [3.8, 4) is 5.75 Å². The topological polar surface area (TPSA) is 96.5 Å². The second kappa shape index (κ2) is 16.6. The highest BCUT2D eigenvalue weighted by atomic mass is 35.5. The first-order valence-electron chi connectivity index (χ1n) is 14.8. The number of piperazine rings is 1. The number of halogens is 2. The Morgan fingerprint density at radius 2 is 1.80 bits per heavy atom.